The molecule has 5 saturated heterocycles. The first-order valence-electron chi connectivity index (χ1n) is 27.1. The first-order chi connectivity index (χ1) is 37.7. The van der Waals surface area contributed by atoms with E-state index >= 15 is 0 Å². The van der Waals surface area contributed by atoms with E-state index in [4.69, 9.17) is 52.2 Å². The standard InChI is InChI=1S/C17H26BFN2O2.C16H23BFNO3.C11H14BrFN2.C7H9N3.C7H8N2O/c1-16(2)17(3,4)23-18(22-16)13-6-7-15(14(19)12-13)21-10-8-20(5)9-11-21;1-15(2)16(3,4)22-17(21-15)12-5-6-14(13(18)11-12)19-7-9-20-10-8-19;1-14-4-6-15(7-5-14)11-3-2-9(12)8-10(11)13;1-2-7-5(3-8)6(9)4-10-7;1-5-6(10-4)7(8-2)9-3/h6-7,12H,8-11H2,1-5H3;5-6,11H,7-10H2,1-4H3;2-3,8H,4-7H2,1H3;2,4,9H2,1H3;5H2,1,4H3. The van der Waals surface area contributed by atoms with Crippen LogP contribution in [0.5, 0.6) is 0 Å². The van der Waals surface area contributed by atoms with Crippen LogP contribution in [0.25, 0.3) is 9.69 Å². The number of piperazine rings is 2. The quantitative estimate of drug-likeness (QED) is 0.131. The lowest BCUT2D eigenvalue weighted by Gasteiger charge is -2.34. The number of anilines is 3. The molecule has 0 radical (unpaired) electrons. The van der Waals surface area contributed by atoms with E-state index in [0.29, 0.717) is 78.8 Å². The van der Waals surface area contributed by atoms with E-state index in [0.717, 1.165) is 74.4 Å². The predicted molar refractivity (Wildman–Crippen MR) is 318 cm³/mol. The number of nitriles is 1. The highest BCUT2D eigenvalue weighted by atomic mass is 79.9. The number of allylic oxidation sites excluding steroid dienone is 2. The normalized spacial score (nSPS) is 20.0. The maximum absolute atomic E-state index is 14.6. The van der Waals surface area contributed by atoms with Gasteiger partial charge in [0.15, 0.2) is 5.76 Å². The van der Waals surface area contributed by atoms with Gasteiger partial charge in [-0.3, -0.25) is 4.99 Å². The van der Waals surface area contributed by atoms with Crippen LogP contribution in [0.3, 0.4) is 0 Å². The Labute approximate surface area is 482 Å². The lowest BCUT2D eigenvalue weighted by Crippen LogP contribution is -2.45. The molecule has 3 aromatic rings. The van der Waals surface area contributed by atoms with Crippen molar-refractivity contribution in [2.75, 3.05) is 121 Å². The van der Waals surface area contributed by atoms with Gasteiger partial charge in [-0.2, -0.15) is 15.0 Å². The summed E-state index contributed by atoms with van der Waals surface area (Å²) in [5, 5.41) is 8.57. The molecule has 0 bridgehead atoms. The van der Waals surface area contributed by atoms with Crippen molar-refractivity contribution < 1.29 is 41.3 Å². The van der Waals surface area contributed by atoms with Crippen molar-refractivity contribution >= 4 is 63.9 Å². The van der Waals surface area contributed by atoms with E-state index in [1.165, 1.54) is 19.2 Å². The van der Waals surface area contributed by atoms with Crippen molar-refractivity contribution in [3.63, 3.8) is 0 Å². The summed E-state index contributed by atoms with van der Waals surface area (Å²) < 4.78 is 77.6. The van der Waals surface area contributed by atoms with E-state index in [-0.39, 0.29) is 23.3 Å². The summed E-state index contributed by atoms with van der Waals surface area (Å²) in [7, 11) is 4.61. The number of morpholine rings is 1. The van der Waals surface area contributed by atoms with E-state index in [1.807, 2.05) is 111 Å². The summed E-state index contributed by atoms with van der Waals surface area (Å²) in [5.41, 5.74) is 9.32. The highest BCUT2D eigenvalue weighted by Crippen LogP contribution is 2.38. The largest absolute Gasteiger partial charge is 0.557 e. The van der Waals surface area contributed by atoms with Crippen molar-refractivity contribution in [2.45, 2.75) is 104 Å². The summed E-state index contributed by atoms with van der Waals surface area (Å²) in [4.78, 5) is 20.8. The second kappa shape index (κ2) is 28.9. The van der Waals surface area contributed by atoms with Gasteiger partial charge < -0.3 is 58.3 Å². The van der Waals surface area contributed by atoms with Gasteiger partial charge in [-0.1, -0.05) is 41.9 Å². The molecule has 6 aliphatic rings. The molecule has 3 aromatic carbocycles. The van der Waals surface area contributed by atoms with Gasteiger partial charge in [0, 0.05) is 82.0 Å². The van der Waals surface area contributed by atoms with Gasteiger partial charge in [-0.25, -0.2) is 13.2 Å². The number of nitrogens with zero attached hydrogens (tertiary/aromatic N) is 9. The molecule has 5 fully saturated rings. The third-order valence-electron chi connectivity index (χ3n) is 15.5. The number of halogens is 4. The number of aliphatic imine (C=N–C) groups is 1. The topological polar surface area (TPSA) is 142 Å². The van der Waals surface area contributed by atoms with E-state index < -0.39 is 36.6 Å². The van der Waals surface area contributed by atoms with Crippen LogP contribution in [0.2, 0.25) is 0 Å². The number of benzene rings is 3. The molecule has 6 heterocycles. The Kier molecular flexibility index (Phi) is 23.6. The molecule has 80 heavy (non-hydrogen) atoms. The molecule has 432 valence electrons. The van der Waals surface area contributed by atoms with Gasteiger partial charge in [0.25, 0.3) is 0 Å². The number of hydrogen-bond acceptors (Lipinski definition) is 14. The van der Waals surface area contributed by atoms with Crippen LogP contribution in [-0.4, -0.2) is 159 Å². The second-order valence-electron chi connectivity index (χ2n) is 22.0. The summed E-state index contributed by atoms with van der Waals surface area (Å²) in [5.74, 6) is -0.0974. The van der Waals surface area contributed by atoms with Crippen LogP contribution in [0.4, 0.5) is 30.2 Å². The number of likely N-dealkylation sites (N-methyl/N-ethyl adjacent to an activating group) is 2. The average Bonchev–Trinajstić information content (AvgIpc) is 4.00. The van der Waals surface area contributed by atoms with Gasteiger partial charge in [-0.15, -0.1) is 0 Å². The molecule has 0 spiro atoms. The Morgan fingerprint density at radius 3 is 1.38 bits per heavy atom. The van der Waals surface area contributed by atoms with Gasteiger partial charge in [-0.05, 0) is 129 Å². The number of methoxy groups -OCH3 is 1. The molecule has 6 aliphatic heterocycles. The maximum Gasteiger partial charge on any atom is 0.557 e. The predicted octanol–water partition coefficient (Wildman–Crippen LogP) is 8.82. The maximum atomic E-state index is 14.6. The third kappa shape index (κ3) is 16.8. The fourth-order valence-electron chi connectivity index (χ4n) is 8.94. The van der Waals surface area contributed by atoms with E-state index in [1.54, 1.807) is 12.1 Å². The summed E-state index contributed by atoms with van der Waals surface area (Å²) in [6.45, 7) is 43.5. The minimum absolute atomic E-state index is 0.0324. The van der Waals surface area contributed by atoms with Gasteiger partial charge >= 0.3 is 20.1 Å². The Bertz CT molecular complexity index is 2760. The van der Waals surface area contributed by atoms with Gasteiger partial charge in [0.2, 0.25) is 0 Å². The molecule has 0 unspecified atom stereocenters. The highest BCUT2D eigenvalue weighted by molar-refractivity contribution is 9.10. The van der Waals surface area contributed by atoms with Gasteiger partial charge in [0.1, 0.15) is 36.7 Å². The molecule has 0 aliphatic carbocycles. The number of rotatable bonds is 8. The molecular weight excluding hydrogens is 1090 g/mol. The Hall–Kier alpha value is -5.60. The minimum atomic E-state index is -0.529. The molecule has 2 N–H and O–H groups in total. The molecule has 0 amide bonds. The summed E-state index contributed by atoms with van der Waals surface area (Å²) in [6.07, 6.45) is 1.39. The highest BCUT2D eigenvalue weighted by Gasteiger charge is 2.53. The summed E-state index contributed by atoms with van der Waals surface area (Å²) in [6, 6.07) is 17.8. The van der Waals surface area contributed by atoms with E-state index in [9.17, 15) is 13.2 Å². The van der Waals surface area contributed by atoms with E-state index in [2.05, 4.69) is 64.3 Å². The molecule has 0 aromatic heterocycles. The van der Waals surface area contributed by atoms with Crippen molar-refractivity contribution in [3.05, 3.63) is 122 Å². The van der Waals surface area contributed by atoms with Crippen LogP contribution < -0.4 is 31.4 Å². The smallest absolute Gasteiger partial charge is 0.504 e. The molecule has 0 atom stereocenters. The number of nitrogens with two attached hydrogens (primary N) is 1. The number of hydrogen-bond donors (Lipinski definition) is 1. The van der Waals surface area contributed by atoms with Crippen LogP contribution in [0.15, 0.2) is 86.9 Å². The minimum Gasteiger partial charge on any atom is -0.504 e. The molecule has 16 nitrogen and oxygen atoms in total. The zero-order chi connectivity index (χ0) is 59.2. The first kappa shape index (κ1) is 65.2. The fourth-order valence-corrected chi connectivity index (χ4v) is 9.27. The monoisotopic (exact) mass is 1170 g/mol. The lowest BCUT2D eigenvalue weighted by atomic mass is 9.79. The average molecular weight is 1170 g/mol. The van der Waals surface area contributed by atoms with Crippen molar-refractivity contribution in [1.29, 1.82) is 5.26 Å². The zero-order valence-corrected chi connectivity index (χ0v) is 50.6. The SMILES string of the molecule is CC1(C)OB(c2ccc(N3CCOCC3)c(F)c2)OC1(C)C.CCC1=NCC(N)=C1C#N.CN1CCN(c2ccc(B3OC(C)(C)C(C)(C)O3)cc2F)CC1.CN1CCN(c2ccc(Br)cc2F)CC1.[C-]#[N+]C([N+]#[C-])=C(CC)OC. The van der Waals surface area contributed by atoms with Crippen molar-refractivity contribution in [1.82, 2.24) is 9.80 Å². The first-order valence-corrected chi connectivity index (χ1v) is 27.9. The Morgan fingerprint density at radius 2 is 1.06 bits per heavy atom. The van der Waals surface area contributed by atoms with Gasteiger partial charge in [0.05, 0.1) is 77.6 Å². The molecule has 0 saturated carbocycles. The van der Waals surface area contributed by atoms with Crippen LogP contribution >= 0.6 is 15.9 Å². The molecule has 9 rings (SSSR count). The summed E-state index contributed by atoms with van der Waals surface area (Å²) >= 11 is 3.26. The van der Waals surface area contributed by atoms with Crippen LogP contribution in [0.1, 0.15) is 82.1 Å². The zero-order valence-electron chi connectivity index (χ0n) is 49.0. The molecular formula is C58H80B2BrF3N10O6. The second-order valence-corrected chi connectivity index (χ2v) is 22.9. The van der Waals surface area contributed by atoms with Crippen molar-refractivity contribution in [3.8, 4) is 6.07 Å². The third-order valence-corrected chi connectivity index (χ3v) is 16.0. The van der Waals surface area contributed by atoms with Crippen LogP contribution in [0, 0.1) is 41.9 Å². The fraction of sp³-hybridized carbons (Fsp3) is 0.552. The Morgan fingerprint density at radius 1 is 0.675 bits per heavy atom. The van der Waals surface area contributed by atoms with Crippen LogP contribution in [-0.2, 0) is 28.1 Å². The molecule has 22 heteroatoms. The van der Waals surface area contributed by atoms with Crippen molar-refractivity contribution in [2.24, 2.45) is 10.7 Å². The number of ether oxygens (including phenoxy) is 2. The lowest BCUT2D eigenvalue weighted by molar-refractivity contribution is 0.00578. The Balaban J connectivity index is 0.000000192.